The maximum atomic E-state index is 11.1. The molecule has 2 heterocycles. The van der Waals surface area contributed by atoms with Gasteiger partial charge in [-0.2, -0.15) is 0 Å². The summed E-state index contributed by atoms with van der Waals surface area (Å²) in [6, 6.07) is 4.87. The van der Waals surface area contributed by atoms with Gasteiger partial charge in [-0.25, -0.2) is 14.8 Å². The zero-order valence-corrected chi connectivity index (χ0v) is 11.5. The molecule has 7 heteroatoms. The number of anilines is 2. The van der Waals surface area contributed by atoms with E-state index in [-0.39, 0.29) is 11.4 Å². The Hall–Kier alpha value is -2.15. The van der Waals surface area contributed by atoms with Crippen molar-refractivity contribution in [3.63, 3.8) is 0 Å². The summed E-state index contributed by atoms with van der Waals surface area (Å²) in [5.41, 5.74) is 0.698. The van der Waals surface area contributed by atoms with Gasteiger partial charge >= 0.3 is 5.97 Å². The first kappa shape index (κ1) is 13.3. The minimum atomic E-state index is -1.06. The Morgan fingerprint density at radius 3 is 2.74 bits per heavy atom. The van der Waals surface area contributed by atoms with E-state index < -0.39 is 5.97 Å². The molecule has 6 nitrogen and oxygen atoms in total. The topological polar surface area (TPSA) is 84.3 Å². The summed E-state index contributed by atoms with van der Waals surface area (Å²) < 4.78 is 5.54. The van der Waals surface area contributed by atoms with Crippen LogP contribution in [0.4, 0.5) is 11.5 Å². The number of carboxylic acids is 1. The van der Waals surface area contributed by atoms with Gasteiger partial charge < -0.3 is 15.2 Å². The Bertz CT molecular complexity index is 602. The van der Waals surface area contributed by atoms with Crippen LogP contribution in [0.15, 0.2) is 35.1 Å². The van der Waals surface area contributed by atoms with Crippen molar-refractivity contribution in [3.05, 3.63) is 40.6 Å². The number of hydrogen-bond donors (Lipinski definition) is 2. The van der Waals surface area contributed by atoms with E-state index in [2.05, 4.69) is 31.2 Å². The zero-order chi connectivity index (χ0) is 13.8. The second kappa shape index (κ2) is 5.66. The standard InChI is InChI=1S/C12H10BrN3O3/c1-19-10-3-2-8(6-14-10)16-11-9(12(17)18)4-7(13)5-15-11/h2-6H,1H3,(H,15,16)(H,17,18). The molecule has 0 radical (unpaired) electrons. The van der Waals surface area contributed by atoms with E-state index in [1.807, 2.05) is 0 Å². The number of carboxylic acid groups (broad SMARTS) is 1. The number of carbonyl (C=O) groups is 1. The Morgan fingerprint density at radius 1 is 1.37 bits per heavy atom. The largest absolute Gasteiger partial charge is 0.481 e. The minimum Gasteiger partial charge on any atom is -0.481 e. The van der Waals surface area contributed by atoms with Gasteiger partial charge in [-0.05, 0) is 28.1 Å². The van der Waals surface area contributed by atoms with Crippen LogP contribution in [0, 0.1) is 0 Å². The van der Waals surface area contributed by atoms with Crippen molar-refractivity contribution in [2.75, 3.05) is 12.4 Å². The number of methoxy groups -OCH3 is 1. The Balaban J connectivity index is 2.29. The second-order valence-electron chi connectivity index (χ2n) is 3.57. The number of pyridine rings is 2. The van der Waals surface area contributed by atoms with Gasteiger partial charge in [0.1, 0.15) is 11.4 Å². The fourth-order valence-electron chi connectivity index (χ4n) is 1.41. The van der Waals surface area contributed by atoms with E-state index >= 15 is 0 Å². The van der Waals surface area contributed by atoms with Crippen LogP contribution >= 0.6 is 15.9 Å². The van der Waals surface area contributed by atoms with Crippen molar-refractivity contribution >= 4 is 33.4 Å². The molecule has 2 aromatic heterocycles. The monoisotopic (exact) mass is 323 g/mol. The van der Waals surface area contributed by atoms with Crippen LogP contribution in [-0.2, 0) is 0 Å². The molecular weight excluding hydrogens is 314 g/mol. The number of halogens is 1. The number of nitrogens with one attached hydrogen (secondary N) is 1. The lowest BCUT2D eigenvalue weighted by molar-refractivity contribution is 0.0697. The molecule has 0 aliphatic carbocycles. The van der Waals surface area contributed by atoms with Crippen LogP contribution < -0.4 is 10.1 Å². The van der Waals surface area contributed by atoms with Crippen molar-refractivity contribution in [3.8, 4) is 5.88 Å². The summed E-state index contributed by atoms with van der Waals surface area (Å²) in [5.74, 6) is -0.326. The van der Waals surface area contributed by atoms with Crippen molar-refractivity contribution in [1.82, 2.24) is 9.97 Å². The molecule has 2 rings (SSSR count). The van der Waals surface area contributed by atoms with E-state index in [1.165, 1.54) is 25.6 Å². The van der Waals surface area contributed by atoms with Crippen LogP contribution in [-0.4, -0.2) is 28.2 Å². The molecule has 0 saturated heterocycles. The summed E-state index contributed by atoms with van der Waals surface area (Å²) in [6.45, 7) is 0. The van der Waals surface area contributed by atoms with Gasteiger partial charge in [0, 0.05) is 16.7 Å². The van der Waals surface area contributed by atoms with Crippen molar-refractivity contribution < 1.29 is 14.6 Å². The summed E-state index contributed by atoms with van der Waals surface area (Å²) in [7, 11) is 1.52. The van der Waals surface area contributed by atoms with Gasteiger partial charge in [0.15, 0.2) is 0 Å². The predicted octanol–water partition coefficient (Wildman–Crippen LogP) is 2.69. The van der Waals surface area contributed by atoms with Crippen LogP contribution in [0.5, 0.6) is 5.88 Å². The zero-order valence-electron chi connectivity index (χ0n) is 9.92. The van der Waals surface area contributed by atoms with E-state index in [0.717, 1.165) is 0 Å². The lowest BCUT2D eigenvalue weighted by Crippen LogP contribution is -2.05. The highest BCUT2D eigenvalue weighted by Gasteiger charge is 2.12. The third-order valence-electron chi connectivity index (χ3n) is 2.29. The molecule has 0 saturated carbocycles. The summed E-state index contributed by atoms with van der Waals surface area (Å²) >= 11 is 3.19. The summed E-state index contributed by atoms with van der Waals surface area (Å²) in [5, 5.41) is 12.0. The molecule has 0 aromatic carbocycles. The fraction of sp³-hybridized carbons (Fsp3) is 0.0833. The molecular formula is C12H10BrN3O3. The molecule has 0 spiro atoms. The van der Waals surface area contributed by atoms with Crippen LogP contribution in [0.3, 0.4) is 0 Å². The number of ether oxygens (including phenoxy) is 1. The van der Waals surface area contributed by atoms with Gasteiger partial charge in [-0.3, -0.25) is 0 Å². The molecule has 0 bridgehead atoms. The highest BCUT2D eigenvalue weighted by molar-refractivity contribution is 9.10. The second-order valence-corrected chi connectivity index (χ2v) is 4.48. The highest BCUT2D eigenvalue weighted by Crippen LogP contribution is 2.22. The fourth-order valence-corrected chi connectivity index (χ4v) is 1.74. The number of aromatic carboxylic acids is 1. The first-order chi connectivity index (χ1) is 9.10. The summed E-state index contributed by atoms with van der Waals surface area (Å²) in [6.07, 6.45) is 3.06. The molecule has 0 atom stereocenters. The maximum Gasteiger partial charge on any atom is 0.339 e. The smallest absolute Gasteiger partial charge is 0.339 e. The normalized spacial score (nSPS) is 10.0. The van der Waals surface area contributed by atoms with Crippen molar-refractivity contribution in [2.45, 2.75) is 0 Å². The molecule has 0 unspecified atom stereocenters. The molecule has 2 aromatic rings. The SMILES string of the molecule is COc1ccc(Nc2ncc(Br)cc2C(=O)O)cn1. The van der Waals surface area contributed by atoms with Crippen LogP contribution in [0.25, 0.3) is 0 Å². The summed E-state index contributed by atoms with van der Waals surface area (Å²) in [4.78, 5) is 19.2. The third kappa shape index (κ3) is 3.19. The average Bonchev–Trinajstić information content (AvgIpc) is 2.41. The molecule has 0 aliphatic rings. The van der Waals surface area contributed by atoms with Crippen LogP contribution in [0.2, 0.25) is 0 Å². The first-order valence-electron chi connectivity index (χ1n) is 5.26. The molecule has 98 valence electrons. The van der Waals surface area contributed by atoms with Gasteiger partial charge in [0.05, 0.1) is 19.0 Å². The molecule has 19 heavy (non-hydrogen) atoms. The van der Waals surface area contributed by atoms with E-state index in [4.69, 9.17) is 9.84 Å². The van der Waals surface area contributed by atoms with Gasteiger partial charge in [-0.15, -0.1) is 0 Å². The number of rotatable bonds is 4. The van der Waals surface area contributed by atoms with E-state index in [9.17, 15) is 4.79 Å². The molecule has 2 N–H and O–H groups in total. The molecule has 0 amide bonds. The minimum absolute atomic E-state index is 0.0743. The number of aromatic nitrogens is 2. The lowest BCUT2D eigenvalue weighted by atomic mass is 10.2. The molecule has 0 fully saturated rings. The highest BCUT2D eigenvalue weighted by atomic mass is 79.9. The van der Waals surface area contributed by atoms with Crippen molar-refractivity contribution in [1.29, 1.82) is 0 Å². The lowest BCUT2D eigenvalue weighted by Gasteiger charge is -2.08. The van der Waals surface area contributed by atoms with Gasteiger partial charge in [0.2, 0.25) is 5.88 Å². The van der Waals surface area contributed by atoms with Gasteiger partial charge in [-0.1, -0.05) is 0 Å². The Labute approximate surface area is 117 Å². The van der Waals surface area contributed by atoms with Gasteiger partial charge in [0.25, 0.3) is 0 Å². The third-order valence-corrected chi connectivity index (χ3v) is 2.73. The first-order valence-corrected chi connectivity index (χ1v) is 6.05. The number of hydrogen-bond acceptors (Lipinski definition) is 5. The molecule has 0 aliphatic heterocycles. The average molecular weight is 324 g/mol. The van der Waals surface area contributed by atoms with E-state index in [0.29, 0.717) is 16.0 Å². The predicted molar refractivity (Wildman–Crippen MR) is 73.0 cm³/mol. The van der Waals surface area contributed by atoms with E-state index in [1.54, 1.807) is 12.1 Å². The van der Waals surface area contributed by atoms with Crippen LogP contribution in [0.1, 0.15) is 10.4 Å². The maximum absolute atomic E-state index is 11.1. The Kier molecular flexibility index (Phi) is 3.96. The Morgan fingerprint density at radius 2 is 2.16 bits per heavy atom. The van der Waals surface area contributed by atoms with Crippen molar-refractivity contribution in [2.24, 2.45) is 0 Å². The quantitative estimate of drug-likeness (QED) is 0.899. The number of nitrogens with zero attached hydrogens (tertiary/aromatic N) is 2.